The molecule has 3 rings (SSSR count). The van der Waals surface area contributed by atoms with Crippen molar-refractivity contribution in [3.8, 4) is 0 Å². The molecule has 3 nitrogen and oxygen atoms in total. The van der Waals surface area contributed by atoms with Gasteiger partial charge in [0, 0.05) is 24.7 Å². The van der Waals surface area contributed by atoms with Gasteiger partial charge in [0.05, 0.1) is 5.60 Å². The third-order valence-corrected chi connectivity index (χ3v) is 4.99. The van der Waals surface area contributed by atoms with Crippen LogP contribution in [0.15, 0.2) is 0 Å². The van der Waals surface area contributed by atoms with Crippen molar-refractivity contribution >= 4 is 0 Å². The van der Waals surface area contributed by atoms with Gasteiger partial charge >= 0.3 is 0 Å². The third kappa shape index (κ3) is 2.89. The highest BCUT2D eigenvalue weighted by Gasteiger charge is 2.34. The molecule has 1 N–H and O–H groups in total. The summed E-state index contributed by atoms with van der Waals surface area (Å²) in [5.41, 5.74) is 0.0734. The molecule has 3 heterocycles. The lowest BCUT2D eigenvalue weighted by molar-refractivity contribution is -0.0651. The van der Waals surface area contributed by atoms with Gasteiger partial charge in [0.25, 0.3) is 0 Å². The van der Waals surface area contributed by atoms with Crippen LogP contribution in [0, 0.1) is 0 Å². The monoisotopic (exact) mass is 252 g/mol. The van der Waals surface area contributed by atoms with Crippen LogP contribution in [0.25, 0.3) is 0 Å². The Morgan fingerprint density at radius 1 is 1.11 bits per heavy atom. The van der Waals surface area contributed by atoms with E-state index in [1.54, 1.807) is 0 Å². The van der Waals surface area contributed by atoms with Crippen LogP contribution in [0.5, 0.6) is 0 Å². The van der Waals surface area contributed by atoms with E-state index in [0.29, 0.717) is 6.04 Å². The SMILES string of the molecule is CC1(C)CC(NC2CCN3CCCC3C2)CCO1. The van der Waals surface area contributed by atoms with E-state index in [9.17, 15) is 0 Å². The summed E-state index contributed by atoms with van der Waals surface area (Å²) in [5, 5.41) is 3.92. The summed E-state index contributed by atoms with van der Waals surface area (Å²) in [6.45, 7) is 8.03. The largest absolute Gasteiger partial charge is 0.375 e. The smallest absolute Gasteiger partial charge is 0.0641 e. The molecular weight excluding hydrogens is 224 g/mol. The number of rotatable bonds is 2. The van der Waals surface area contributed by atoms with E-state index >= 15 is 0 Å². The Bertz CT molecular complexity index is 292. The van der Waals surface area contributed by atoms with Gasteiger partial charge in [0.2, 0.25) is 0 Å². The predicted octanol–water partition coefficient (Wildman–Crippen LogP) is 2.16. The molecule has 3 unspecified atom stereocenters. The minimum Gasteiger partial charge on any atom is -0.375 e. The Morgan fingerprint density at radius 3 is 2.83 bits per heavy atom. The van der Waals surface area contributed by atoms with Gasteiger partial charge in [-0.3, -0.25) is 0 Å². The summed E-state index contributed by atoms with van der Waals surface area (Å²) in [6.07, 6.45) is 7.91. The summed E-state index contributed by atoms with van der Waals surface area (Å²) in [6, 6.07) is 2.30. The standard InChI is InChI=1S/C15H28N2O/c1-15(2)11-13(6-9-18-15)16-12-5-8-17-7-3-4-14(17)10-12/h12-14,16H,3-11H2,1-2H3. The van der Waals surface area contributed by atoms with Gasteiger partial charge in [-0.1, -0.05) is 0 Å². The van der Waals surface area contributed by atoms with Crippen LogP contribution >= 0.6 is 0 Å². The minimum absolute atomic E-state index is 0.0734. The number of fused-ring (bicyclic) bond motifs is 1. The zero-order chi connectivity index (χ0) is 12.6. The average molecular weight is 252 g/mol. The molecule has 3 heteroatoms. The van der Waals surface area contributed by atoms with Crippen LogP contribution in [0.2, 0.25) is 0 Å². The van der Waals surface area contributed by atoms with Gasteiger partial charge in [0.15, 0.2) is 0 Å². The molecule has 0 amide bonds. The van der Waals surface area contributed by atoms with Crippen molar-refractivity contribution in [2.75, 3.05) is 19.7 Å². The van der Waals surface area contributed by atoms with Gasteiger partial charge in [-0.05, 0) is 65.5 Å². The highest BCUT2D eigenvalue weighted by molar-refractivity contribution is 4.92. The van der Waals surface area contributed by atoms with Crippen LogP contribution in [-0.2, 0) is 4.74 Å². The maximum absolute atomic E-state index is 5.81. The molecule has 3 aliphatic heterocycles. The number of nitrogens with one attached hydrogen (secondary N) is 1. The Morgan fingerprint density at radius 2 is 2.00 bits per heavy atom. The number of hydrogen-bond acceptors (Lipinski definition) is 3. The molecular formula is C15H28N2O. The summed E-state index contributed by atoms with van der Waals surface area (Å²) in [5.74, 6) is 0. The maximum Gasteiger partial charge on any atom is 0.0641 e. The van der Waals surface area contributed by atoms with E-state index in [4.69, 9.17) is 4.74 Å². The number of nitrogens with zero attached hydrogens (tertiary/aromatic N) is 1. The lowest BCUT2D eigenvalue weighted by atomic mass is 9.91. The normalized spacial score (nSPS) is 40.7. The first-order chi connectivity index (χ1) is 8.62. The second kappa shape index (κ2) is 5.10. The molecule has 104 valence electrons. The fraction of sp³-hybridized carbons (Fsp3) is 1.00. The van der Waals surface area contributed by atoms with E-state index in [2.05, 4.69) is 24.1 Å². The van der Waals surface area contributed by atoms with E-state index < -0.39 is 0 Å². The predicted molar refractivity (Wildman–Crippen MR) is 73.8 cm³/mol. The highest BCUT2D eigenvalue weighted by atomic mass is 16.5. The molecule has 0 spiro atoms. The van der Waals surface area contributed by atoms with Crippen molar-refractivity contribution in [2.24, 2.45) is 0 Å². The zero-order valence-corrected chi connectivity index (χ0v) is 12.0. The van der Waals surface area contributed by atoms with Crippen molar-refractivity contribution in [3.63, 3.8) is 0 Å². The fourth-order valence-electron chi connectivity index (χ4n) is 4.08. The lowest BCUT2D eigenvalue weighted by Crippen LogP contribution is -2.52. The summed E-state index contributed by atoms with van der Waals surface area (Å²) >= 11 is 0. The molecule has 0 aromatic carbocycles. The second-order valence-corrected chi connectivity index (χ2v) is 7.02. The van der Waals surface area contributed by atoms with E-state index in [0.717, 1.165) is 25.1 Å². The maximum atomic E-state index is 5.81. The van der Waals surface area contributed by atoms with Crippen LogP contribution in [0.1, 0.15) is 52.4 Å². The van der Waals surface area contributed by atoms with Crippen molar-refractivity contribution in [3.05, 3.63) is 0 Å². The van der Waals surface area contributed by atoms with Crippen molar-refractivity contribution < 1.29 is 4.74 Å². The Balaban J connectivity index is 1.50. The van der Waals surface area contributed by atoms with Gasteiger partial charge in [0.1, 0.15) is 0 Å². The van der Waals surface area contributed by atoms with Crippen LogP contribution in [-0.4, -0.2) is 48.3 Å². The van der Waals surface area contributed by atoms with Gasteiger partial charge in [-0.2, -0.15) is 0 Å². The zero-order valence-electron chi connectivity index (χ0n) is 12.0. The first-order valence-corrected chi connectivity index (χ1v) is 7.76. The quantitative estimate of drug-likeness (QED) is 0.815. The average Bonchev–Trinajstić information content (AvgIpc) is 2.74. The Hall–Kier alpha value is -0.120. The van der Waals surface area contributed by atoms with E-state index in [-0.39, 0.29) is 5.60 Å². The summed E-state index contributed by atoms with van der Waals surface area (Å²) < 4.78 is 5.81. The molecule has 18 heavy (non-hydrogen) atoms. The molecule has 3 saturated heterocycles. The first-order valence-electron chi connectivity index (χ1n) is 7.76. The molecule has 0 saturated carbocycles. The molecule has 3 aliphatic rings. The molecule has 0 aromatic heterocycles. The van der Waals surface area contributed by atoms with E-state index in [1.807, 2.05) is 0 Å². The van der Waals surface area contributed by atoms with Crippen molar-refractivity contribution in [1.82, 2.24) is 10.2 Å². The number of piperidine rings is 1. The first kappa shape index (κ1) is 12.9. The molecule has 0 bridgehead atoms. The Labute approximate surface area is 111 Å². The summed E-state index contributed by atoms with van der Waals surface area (Å²) in [7, 11) is 0. The Kier molecular flexibility index (Phi) is 3.65. The summed E-state index contributed by atoms with van der Waals surface area (Å²) in [4.78, 5) is 2.70. The van der Waals surface area contributed by atoms with Crippen molar-refractivity contribution in [2.45, 2.75) is 76.1 Å². The lowest BCUT2D eigenvalue weighted by Gasteiger charge is -2.41. The van der Waals surface area contributed by atoms with Gasteiger partial charge < -0.3 is 15.0 Å². The number of ether oxygens (including phenoxy) is 1. The second-order valence-electron chi connectivity index (χ2n) is 7.02. The topological polar surface area (TPSA) is 24.5 Å². The van der Waals surface area contributed by atoms with Crippen LogP contribution < -0.4 is 5.32 Å². The van der Waals surface area contributed by atoms with Crippen LogP contribution in [0.4, 0.5) is 0 Å². The van der Waals surface area contributed by atoms with Gasteiger partial charge in [-0.25, -0.2) is 0 Å². The third-order valence-electron chi connectivity index (χ3n) is 4.99. The molecule has 3 fully saturated rings. The van der Waals surface area contributed by atoms with Crippen molar-refractivity contribution in [1.29, 1.82) is 0 Å². The van der Waals surface area contributed by atoms with Gasteiger partial charge in [-0.15, -0.1) is 0 Å². The van der Waals surface area contributed by atoms with Crippen LogP contribution in [0.3, 0.4) is 0 Å². The van der Waals surface area contributed by atoms with E-state index in [1.165, 1.54) is 45.2 Å². The minimum atomic E-state index is 0.0734. The molecule has 3 atom stereocenters. The highest BCUT2D eigenvalue weighted by Crippen LogP contribution is 2.29. The molecule has 0 aromatic rings. The fourth-order valence-corrected chi connectivity index (χ4v) is 4.08. The molecule has 0 radical (unpaired) electrons. The molecule has 0 aliphatic carbocycles. The number of hydrogen-bond donors (Lipinski definition) is 1.